The van der Waals surface area contributed by atoms with Gasteiger partial charge in [0, 0.05) is 0 Å². The molecule has 0 aliphatic carbocycles. The molecule has 0 bridgehead atoms. The number of fused-ring (bicyclic) bond motifs is 1. The number of rotatable bonds is 3. The molecule has 3 nitrogen and oxygen atoms in total. The van der Waals surface area contributed by atoms with Gasteiger partial charge >= 0.3 is 0 Å². The quantitative estimate of drug-likeness (QED) is 0.938. The molecule has 2 aromatic rings. The van der Waals surface area contributed by atoms with Crippen molar-refractivity contribution in [3.63, 3.8) is 0 Å². The molecule has 1 fully saturated rings. The molecule has 3 rings (SSSR count). The van der Waals surface area contributed by atoms with E-state index in [9.17, 15) is 4.79 Å². The lowest BCUT2D eigenvalue weighted by atomic mass is 9.99. The zero-order valence-electron chi connectivity index (χ0n) is 12.7. The average Bonchev–Trinajstić information content (AvgIpc) is 2.92. The molecule has 21 heavy (non-hydrogen) atoms. The summed E-state index contributed by atoms with van der Waals surface area (Å²) >= 11 is 0. The predicted octanol–water partition coefficient (Wildman–Crippen LogP) is 3.11. The summed E-state index contributed by atoms with van der Waals surface area (Å²) in [6, 6.07) is 14.6. The first-order valence-electron chi connectivity index (χ1n) is 7.65. The third-order valence-corrected chi connectivity index (χ3v) is 4.47. The fourth-order valence-corrected chi connectivity index (χ4v) is 3.26. The summed E-state index contributed by atoms with van der Waals surface area (Å²) in [4.78, 5) is 14.6. The Labute approximate surface area is 125 Å². The molecule has 1 aliphatic heterocycles. The Morgan fingerprint density at radius 2 is 2.00 bits per heavy atom. The van der Waals surface area contributed by atoms with Crippen LogP contribution in [0.25, 0.3) is 10.8 Å². The van der Waals surface area contributed by atoms with Crippen molar-refractivity contribution in [2.75, 3.05) is 13.6 Å². The highest BCUT2D eigenvalue weighted by Crippen LogP contribution is 2.24. The topological polar surface area (TPSA) is 32.3 Å². The highest BCUT2D eigenvalue weighted by atomic mass is 16.2. The molecule has 0 aromatic heterocycles. The number of likely N-dealkylation sites (tertiary alicyclic amines) is 1. The summed E-state index contributed by atoms with van der Waals surface area (Å²) in [5.74, 6) is 0.149. The van der Waals surface area contributed by atoms with Gasteiger partial charge < -0.3 is 5.32 Å². The normalized spacial score (nSPS) is 20.6. The second-order valence-electron chi connectivity index (χ2n) is 5.94. The minimum absolute atomic E-state index is 0.0256. The zero-order valence-corrected chi connectivity index (χ0v) is 12.7. The molecular formula is C18H22N2O. The number of carbonyl (C=O) groups excluding carboxylic acids is 1. The first-order valence-corrected chi connectivity index (χ1v) is 7.65. The predicted molar refractivity (Wildman–Crippen MR) is 86.2 cm³/mol. The lowest BCUT2D eigenvalue weighted by molar-refractivity contribution is -0.125. The standard InChI is InChI=1S/C18H22N2O/c1-13(19-18(21)17-11-6-12-20(17)2)15-10-5-8-14-7-3-4-9-16(14)15/h3-5,7-10,13,17H,6,11-12H2,1-2H3,(H,19,21)/t13?,17-/m0/s1. The second-order valence-corrected chi connectivity index (χ2v) is 5.94. The van der Waals surface area contributed by atoms with Gasteiger partial charge in [-0.2, -0.15) is 0 Å². The number of likely N-dealkylation sites (N-methyl/N-ethyl adjacent to an activating group) is 1. The van der Waals surface area contributed by atoms with Gasteiger partial charge in [0.25, 0.3) is 0 Å². The third-order valence-electron chi connectivity index (χ3n) is 4.47. The molecule has 1 saturated heterocycles. The Bertz CT molecular complexity index is 647. The zero-order chi connectivity index (χ0) is 14.8. The van der Waals surface area contributed by atoms with Crippen LogP contribution < -0.4 is 5.32 Å². The van der Waals surface area contributed by atoms with Gasteiger partial charge in [-0.25, -0.2) is 0 Å². The van der Waals surface area contributed by atoms with Crippen LogP contribution >= 0.6 is 0 Å². The summed E-state index contributed by atoms with van der Waals surface area (Å²) in [6.07, 6.45) is 2.07. The number of benzene rings is 2. The first kappa shape index (κ1) is 14.1. The van der Waals surface area contributed by atoms with Crippen LogP contribution in [-0.4, -0.2) is 30.4 Å². The number of nitrogens with zero attached hydrogens (tertiary/aromatic N) is 1. The van der Waals surface area contributed by atoms with Gasteiger partial charge in [-0.05, 0) is 49.7 Å². The number of hydrogen-bond donors (Lipinski definition) is 1. The van der Waals surface area contributed by atoms with Crippen LogP contribution in [0.15, 0.2) is 42.5 Å². The highest BCUT2D eigenvalue weighted by molar-refractivity contribution is 5.87. The van der Waals surface area contributed by atoms with Crippen LogP contribution in [0.4, 0.5) is 0 Å². The Morgan fingerprint density at radius 1 is 1.24 bits per heavy atom. The minimum Gasteiger partial charge on any atom is -0.348 e. The molecule has 0 saturated carbocycles. The van der Waals surface area contributed by atoms with Crippen LogP contribution in [0.3, 0.4) is 0 Å². The van der Waals surface area contributed by atoms with Crippen molar-refractivity contribution in [1.29, 1.82) is 0 Å². The molecule has 0 radical (unpaired) electrons. The molecule has 1 aliphatic rings. The molecule has 1 N–H and O–H groups in total. The van der Waals surface area contributed by atoms with E-state index >= 15 is 0 Å². The minimum atomic E-state index is 0.0256. The van der Waals surface area contributed by atoms with E-state index < -0.39 is 0 Å². The van der Waals surface area contributed by atoms with E-state index in [2.05, 4.69) is 47.5 Å². The lowest BCUT2D eigenvalue weighted by Crippen LogP contribution is -2.42. The Morgan fingerprint density at radius 3 is 2.76 bits per heavy atom. The van der Waals surface area contributed by atoms with Gasteiger partial charge in [-0.3, -0.25) is 9.69 Å². The highest BCUT2D eigenvalue weighted by Gasteiger charge is 2.28. The van der Waals surface area contributed by atoms with Crippen LogP contribution in [0.5, 0.6) is 0 Å². The van der Waals surface area contributed by atoms with Crippen molar-refractivity contribution in [2.45, 2.75) is 31.8 Å². The maximum atomic E-state index is 12.4. The van der Waals surface area contributed by atoms with E-state index in [4.69, 9.17) is 0 Å². The molecule has 110 valence electrons. The number of carbonyl (C=O) groups is 1. The summed E-state index contributed by atoms with van der Waals surface area (Å²) < 4.78 is 0. The summed E-state index contributed by atoms with van der Waals surface area (Å²) in [5.41, 5.74) is 1.18. The van der Waals surface area contributed by atoms with Gasteiger partial charge in [0.05, 0.1) is 12.1 Å². The van der Waals surface area contributed by atoms with Gasteiger partial charge in [-0.15, -0.1) is 0 Å². The van der Waals surface area contributed by atoms with E-state index in [0.717, 1.165) is 19.4 Å². The van der Waals surface area contributed by atoms with Crippen molar-refractivity contribution in [2.24, 2.45) is 0 Å². The van der Waals surface area contributed by atoms with Crippen LogP contribution in [0.2, 0.25) is 0 Å². The molecule has 1 unspecified atom stereocenters. The smallest absolute Gasteiger partial charge is 0.237 e. The number of amides is 1. The van der Waals surface area contributed by atoms with Crippen molar-refractivity contribution >= 4 is 16.7 Å². The van der Waals surface area contributed by atoms with Crippen molar-refractivity contribution in [1.82, 2.24) is 10.2 Å². The summed E-state index contributed by atoms with van der Waals surface area (Å²) in [7, 11) is 2.03. The SMILES string of the molecule is CC(NC(=O)[C@@H]1CCCN1C)c1cccc2ccccc12. The molecular weight excluding hydrogens is 260 g/mol. The van der Waals surface area contributed by atoms with Gasteiger partial charge in [0.1, 0.15) is 0 Å². The van der Waals surface area contributed by atoms with Crippen molar-refractivity contribution in [3.05, 3.63) is 48.0 Å². The van der Waals surface area contributed by atoms with E-state index in [1.807, 2.05) is 19.2 Å². The second kappa shape index (κ2) is 5.86. The lowest BCUT2D eigenvalue weighted by Gasteiger charge is -2.22. The Balaban J connectivity index is 1.81. The number of nitrogens with one attached hydrogen (secondary N) is 1. The maximum absolute atomic E-state index is 12.4. The molecule has 3 heteroatoms. The van der Waals surface area contributed by atoms with E-state index in [0.29, 0.717) is 0 Å². The molecule has 2 atom stereocenters. The average molecular weight is 282 g/mol. The van der Waals surface area contributed by atoms with Crippen molar-refractivity contribution in [3.8, 4) is 0 Å². The van der Waals surface area contributed by atoms with Gasteiger partial charge in [-0.1, -0.05) is 42.5 Å². The summed E-state index contributed by atoms with van der Waals surface area (Å²) in [6.45, 7) is 3.08. The summed E-state index contributed by atoms with van der Waals surface area (Å²) in [5, 5.41) is 5.61. The third kappa shape index (κ3) is 2.79. The molecule has 1 amide bonds. The Hall–Kier alpha value is -1.87. The fraction of sp³-hybridized carbons (Fsp3) is 0.389. The van der Waals surface area contributed by atoms with Gasteiger partial charge in [0.15, 0.2) is 0 Å². The van der Waals surface area contributed by atoms with E-state index in [1.54, 1.807) is 0 Å². The van der Waals surface area contributed by atoms with E-state index in [1.165, 1.54) is 16.3 Å². The van der Waals surface area contributed by atoms with Crippen LogP contribution in [-0.2, 0) is 4.79 Å². The van der Waals surface area contributed by atoms with Crippen molar-refractivity contribution < 1.29 is 4.79 Å². The Kier molecular flexibility index (Phi) is 3.93. The first-order chi connectivity index (χ1) is 10.2. The fourth-order valence-electron chi connectivity index (χ4n) is 3.26. The molecule has 0 spiro atoms. The maximum Gasteiger partial charge on any atom is 0.237 e. The molecule has 2 aromatic carbocycles. The van der Waals surface area contributed by atoms with Crippen LogP contribution in [0, 0.1) is 0 Å². The van der Waals surface area contributed by atoms with E-state index in [-0.39, 0.29) is 18.0 Å². The molecule has 1 heterocycles. The number of hydrogen-bond acceptors (Lipinski definition) is 2. The van der Waals surface area contributed by atoms with Crippen LogP contribution in [0.1, 0.15) is 31.4 Å². The monoisotopic (exact) mass is 282 g/mol. The van der Waals surface area contributed by atoms with Gasteiger partial charge in [0.2, 0.25) is 5.91 Å². The largest absolute Gasteiger partial charge is 0.348 e.